The van der Waals surface area contributed by atoms with Crippen LogP contribution < -0.4 is 10.1 Å². The van der Waals surface area contributed by atoms with E-state index in [9.17, 15) is 20.1 Å². The lowest BCUT2D eigenvalue weighted by molar-refractivity contribution is -0.121. The highest BCUT2D eigenvalue weighted by Gasteiger charge is 2.44. The number of hydrogen-bond donors (Lipinski definition) is 4. The smallest absolute Gasteiger partial charge is 0.220 e. The van der Waals surface area contributed by atoms with Gasteiger partial charge in [0.25, 0.3) is 0 Å². The van der Waals surface area contributed by atoms with Crippen molar-refractivity contribution >= 4 is 17.5 Å². The number of unbranched alkanes of at least 4 members (excludes halogenated alkanes) is 2. The van der Waals surface area contributed by atoms with Crippen molar-refractivity contribution in [1.29, 1.82) is 0 Å². The third kappa shape index (κ3) is 9.56. The average Bonchev–Trinajstić information content (AvgIpc) is 3.55. The molecule has 0 bridgehead atoms. The zero-order valence-corrected chi connectivity index (χ0v) is 22.0. The van der Waals surface area contributed by atoms with Crippen LogP contribution in [-0.4, -0.2) is 52.2 Å². The van der Waals surface area contributed by atoms with Gasteiger partial charge in [0.1, 0.15) is 12.4 Å². The number of halogens is 1. The first-order valence-corrected chi connectivity index (χ1v) is 13.8. The van der Waals surface area contributed by atoms with Crippen LogP contribution in [0.2, 0.25) is 5.02 Å². The molecule has 7 atom stereocenters. The van der Waals surface area contributed by atoms with Crippen LogP contribution in [0, 0.1) is 23.7 Å². The maximum Gasteiger partial charge on any atom is 0.220 e. The summed E-state index contributed by atoms with van der Waals surface area (Å²) in [5.74, 6) is 1.28. The Bertz CT molecular complexity index is 788. The second kappa shape index (κ2) is 13.8. The number of aliphatic hydroxyl groups is 3. The summed E-state index contributed by atoms with van der Waals surface area (Å²) in [6, 6.07) is 7.53. The lowest BCUT2D eigenvalue weighted by atomic mass is 9.76. The van der Waals surface area contributed by atoms with Crippen molar-refractivity contribution in [3.63, 3.8) is 0 Å². The maximum atomic E-state index is 11.8. The lowest BCUT2D eigenvalue weighted by Gasteiger charge is -2.32. The van der Waals surface area contributed by atoms with E-state index in [0.29, 0.717) is 42.0 Å². The van der Waals surface area contributed by atoms with E-state index in [1.165, 1.54) is 0 Å². The molecule has 0 spiro atoms. The normalized spacial score (nSPS) is 26.8. The number of ether oxygens (including phenoxy) is 1. The van der Waals surface area contributed by atoms with E-state index in [1.54, 1.807) is 24.3 Å². The molecule has 2 saturated carbocycles. The van der Waals surface area contributed by atoms with Crippen molar-refractivity contribution < 1.29 is 24.9 Å². The van der Waals surface area contributed by atoms with Crippen LogP contribution in [0.4, 0.5) is 0 Å². The van der Waals surface area contributed by atoms with Gasteiger partial charge in [-0.25, -0.2) is 0 Å². The SMILES string of the molecule is CC(CCCCCC(=O)NC1CC1)CC1C(O)CC(O)C1C(C)CC(O)COc1cccc(Cl)c1. The minimum Gasteiger partial charge on any atom is -0.491 e. The van der Waals surface area contributed by atoms with E-state index in [0.717, 1.165) is 44.9 Å². The minimum absolute atomic E-state index is 0.0281. The Morgan fingerprint density at radius 3 is 2.66 bits per heavy atom. The number of aliphatic hydroxyl groups excluding tert-OH is 3. The van der Waals surface area contributed by atoms with Crippen molar-refractivity contribution in [2.75, 3.05) is 6.61 Å². The molecule has 0 aliphatic heterocycles. The molecule has 0 heterocycles. The van der Waals surface area contributed by atoms with Gasteiger partial charge >= 0.3 is 0 Å². The first-order chi connectivity index (χ1) is 16.7. The molecule has 2 aliphatic carbocycles. The van der Waals surface area contributed by atoms with Crippen molar-refractivity contribution in [3.05, 3.63) is 29.3 Å². The molecule has 0 radical (unpaired) electrons. The van der Waals surface area contributed by atoms with E-state index in [-0.39, 0.29) is 30.3 Å². The molecule has 4 N–H and O–H groups in total. The predicted octanol–water partition coefficient (Wildman–Crippen LogP) is 4.72. The number of benzene rings is 1. The maximum absolute atomic E-state index is 11.8. The van der Waals surface area contributed by atoms with Gasteiger partial charge in [0.05, 0.1) is 18.3 Å². The molecule has 1 aromatic carbocycles. The molecule has 0 saturated heterocycles. The number of rotatable bonds is 15. The van der Waals surface area contributed by atoms with Crippen molar-refractivity contribution in [3.8, 4) is 5.75 Å². The fourth-order valence-electron chi connectivity index (χ4n) is 5.71. The van der Waals surface area contributed by atoms with Crippen molar-refractivity contribution in [1.82, 2.24) is 5.32 Å². The van der Waals surface area contributed by atoms with Crippen molar-refractivity contribution in [2.24, 2.45) is 23.7 Å². The van der Waals surface area contributed by atoms with Gasteiger partial charge in [-0.05, 0) is 80.4 Å². The molecular weight excluding hydrogens is 466 g/mol. The van der Waals surface area contributed by atoms with Crippen LogP contribution in [-0.2, 0) is 4.79 Å². The highest BCUT2D eigenvalue weighted by Crippen LogP contribution is 2.43. The summed E-state index contributed by atoms with van der Waals surface area (Å²) in [6.45, 7) is 4.43. The summed E-state index contributed by atoms with van der Waals surface area (Å²) in [4.78, 5) is 11.8. The molecule has 1 aromatic rings. The standard InChI is InChI=1S/C28H44ClNO5/c1-18(7-4-3-5-10-27(34)30-21-11-12-21)13-24-25(32)16-26(33)28(24)19(2)14-22(31)17-35-23-9-6-8-20(29)15-23/h6,8-9,15,18-19,21-22,24-26,28,31-33H,3-5,7,10-14,16-17H2,1-2H3,(H,30,34). The van der Waals surface area contributed by atoms with Gasteiger partial charge in [-0.2, -0.15) is 0 Å². The topological polar surface area (TPSA) is 99.0 Å². The summed E-state index contributed by atoms with van der Waals surface area (Å²) in [5.41, 5.74) is 0. The molecule has 35 heavy (non-hydrogen) atoms. The number of carbonyl (C=O) groups excluding carboxylic acids is 1. The Morgan fingerprint density at radius 2 is 1.94 bits per heavy atom. The Kier molecular flexibility index (Phi) is 11.2. The molecule has 6 nitrogen and oxygen atoms in total. The Labute approximate surface area is 215 Å². The lowest BCUT2D eigenvalue weighted by Crippen LogP contribution is -2.32. The predicted molar refractivity (Wildman–Crippen MR) is 138 cm³/mol. The van der Waals surface area contributed by atoms with E-state index >= 15 is 0 Å². The monoisotopic (exact) mass is 509 g/mol. The molecular formula is C28H44ClNO5. The molecule has 198 valence electrons. The fourth-order valence-corrected chi connectivity index (χ4v) is 5.89. The molecule has 2 aliphatic rings. The van der Waals surface area contributed by atoms with E-state index in [2.05, 4.69) is 19.2 Å². The summed E-state index contributed by atoms with van der Waals surface area (Å²) < 4.78 is 5.68. The van der Waals surface area contributed by atoms with Crippen LogP contribution in [0.5, 0.6) is 5.75 Å². The van der Waals surface area contributed by atoms with Gasteiger partial charge in [0, 0.05) is 17.5 Å². The van der Waals surface area contributed by atoms with E-state index in [4.69, 9.17) is 16.3 Å². The van der Waals surface area contributed by atoms with Crippen LogP contribution in [0.1, 0.15) is 78.1 Å². The highest BCUT2D eigenvalue weighted by molar-refractivity contribution is 6.30. The number of carbonyl (C=O) groups is 1. The first-order valence-electron chi connectivity index (χ1n) is 13.4. The molecule has 7 heteroatoms. The summed E-state index contributed by atoms with van der Waals surface area (Å²) in [5, 5.41) is 35.6. The summed E-state index contributed by atoms with van der Waals surface area (Å²) in [6.07, 6.45) is 7.00. The van der Waals surface area contributed by atoms with Crippen LogP contribution in [0.15, 0.2) is 24.3 Å². The molecule has 0 aromatic heterocycles. The zero-order valence-electron chi connectivity index (χ0n) is 21.2. The minimum atomic E-state index is -0.663. The second-order valence-electron chi connectivity index (χ2n) is 11.0. The molecule has 3 rings (SSSR count). The van der Waals surface area contributed by atoms with Gasteiger partial charge < -0.3 is 25.4 Å². The zero-order chi connectivity index (χ0) is 25.4. The number of hydrogen-bond acceptors (Lipinski definition) is 5. The average molecular weight is 510 g/mol. The first kappa shape index (κ1) is 28.2. The van der Waals surface area contributed by atoms with E-state index in [1.807, 2.05) is 0 Å². The number of nitrogens with one attached hydrogen (secondary N) is 1. The van der Waals surface area contributed by atoms with Crippen LogP contribution >= 0.6 is 11.6 Å². The molecule has 1 amide bonds. The Balaban J connectivity index is 1.38. The largest absolute Gasteiger partial charge is 0.491 e. The quantitative estimate of drug-likeness (QED) is 0.256. The van der Waals surface area contributed by atoms with Crippen LogP contribution in [0.3, 0.4) is 0 Å². The number of amides is 1. The van der Waals surface area contributed by atoms with E-state index < -0.39 is 18.3 Å². The Morgan fingerprint density at radius 1 is 1.17 bits per heavy atom. The summed E-state index contributed by atoms with van der Waals surface area (Å²) >= 11 is 5.99. The van der Waals surface area contributed by atoms with Crippen LogP contribution in [0.25, 0.3) is 0 Å². The Hall–Kier alpha value is -1.34. The highest BCUT2D eigenvalue weighted by atomic mass is 35.5. The fraction of sp³-hybridized carbons (Fsp3) is 0.750. The second-order valence-corrected chi connectivity index (χ2v) is 11.5. The summed E-state index contributed by atoms with van der Waals surface area (Å²) in [7, 11) is 0. The van der Waals surface area contributed by atoms with Gasteiger partial charge in [0.15, 0.2) is 0 Å². The third-order valence-electron chi connectivity index (χ3n) is 7.67. The van der Waals surface area contributed by atoms with Gasteiger partial charge in [-0.3, -0.25) is 4.79 Å². The van der Waals surface area contributed by atoms with Gasteiger partial charge in [0.2, 0.25) is 5.91 Å². The van der Waals surface area contributed by atoms with Crippen molar-refractivity contribution in [2.45, 2.75) is 102 Å². The van der Waals surface area contributed by atoms with Gasteiger partial charge in [-0.15, -0.1) is 0 Å². The third-order valence-corrected chi connectivity index (χ3v) is 7.91. The molecule has 2 fully saturated rings. The van der Waals surface area contributed by atoms with Gasteiger partial charge in [-0.1, -0.05) is 50.8 Å². The molecule has 7 unspecified atom stereocenters.